The molecule has 0 aliphatic heterocycles. The molecule has 302 valence electrons. The van der Waals surface area contributed by atoms with Gasteiger partial charge >= 0.3 is 5.97 Å². The van der Waals surface area contributed by atoms with Crippen molar-refractivity contribution in [3.63, 3.8) is 0 Å². The van der Waals surface area contributed by atoms with E-state index >= 15 is 0 Å². The summed E-state index contributed by atoms with van der Waals surface area (Å²) in [4.78, 5) is 45.3. The molecule has 14 heteroatoms. The Labute approximate surface area is 328 Å². The van der Waals surface area contributed by atoms with E-state index in [1.165, 1.54) is 0 Å². The molecule has 1 heterocycles. The molecule has 3 aromatic carbocycles. The van der Waals surface area contributed by atoms with Crippen LogP contribution in [0.25, 0.3) is 21.9 Å². The van der Waals surface area contributed by atoms with Crippen LogP contribution >= 0.6 is 0 Å². The van der Waals surface area contributed by atoms with Crippen molar-refractivity contribution < 1.29 is 43.2 Å². The van der Waals surface area contributed by atoms with E-state index in [0.29, 0.717) is 77.3 Å². The first kappa shape index (κ1) is 43.6. The number of amides is 2. The van der Waals surface area contributed by atoms with E-state index in [9.17, 15) is 19.5 Å². The number of anilines is 1. The number of ether oxygens (including phenoxy) is 5. The largest absolute Gasteiger partial charge is 0.491 e. The number of carboxylic acids is 1. The average Bonchev–Trinajstić information content (AvgIpc) is 3.19. The molecular weight excluding hydrogens is 718 g/mol. The normalized spacial score (nSPS) is 11.6. The highest BCUT2D eigenvalue weighted by Gasteiger charge is 2.19. The molecule has 0 spiro atoms. The molecule has 14 nitrogen and oxygen atoms in total. The first-order valence-corrected chi connectivity index (χ1v) is 19.2. The van der Waals surface area contributed by atoms with Gasteiger partial charge in [-0.1, -0.05) is 61.5 Å². The third-order valence-electron chi connectivity index (χ3n) is 8.53. The Kier molecular flexibility index (Phi) is 19.5. The van der Waals surface area contributed by atoms with E-state index < -0.39 is 17.9 Å². The summed E-state index contributed by atoms with van der Waals surface area (Å²) < 4.78 is 28.1. The number of aliphatic carboxylic acids is 1. The van der Waals surface area contributed by atoms with Crippen LogP contribution in [0, 0.1) is 6.92 Å². The maximum atomic E-state index is 12.8. The average molecular weight is 774 g/mol. The van der Waals surface area contributed by atoms with Crippen LogP contribution in [-0.4, -0.2) is 105 Å². The van der Waals surface area contributed by atoms with Crippen LogP contribution in [0.1, 0.15) is 56.3 Å². The van der Waals surface area contributed by atoms with E-state index in [1.807, 2.05) is 73.7 Å². The van der Waals surface area contributed by atoms with Crippen molar-refractivity contribution in [3.8, 4) is 16.9 Å². The van der Waals surface area contributed by atoms with Gasteiger partial charge in [-0.25, -0.2) is 9.97 Å². The summed E-state index contributed by atoms with van der Waals surface area (Å²) in [5.74, 6) is -0.506. The molecule has 2 amide bonds. The summed E-state index contributed by atoms with van der Waals surface area (Å²) in [6, 6.07) is 20.4. The highest BCUT2D eigenvalue weighted by Crippen LogP contribution is 2.35. The lowest BCUT2D eigenvalue weighted by atomic mass is 9.95. The Morgan fingerprint density at radius 2 is 1.41 bits per heavy atom. The Morgan fingerprint density at radius 1 is 0.750 bits per heavy atom. The molecule has 0 aliphatic rings. The molecule has 0 saturated heterocycles. The van der Waals surface area contributed by atoms with E-state index in [1.54, 1.807) is 6.20 Å². The highest BCUT2D eigenvalue weighted by molar-refractivity contribution is 6.00. The number of hydrogen-bond donors (Lipinski definition) is 4. The molecule has 4 aromatic rings. The molecule has 4 rings (SSSR count). The Balaban J connectivity index is 1.21. The number of rotatable bonds is 28. The predicted octanol–water partition coefficient (Wildman–Crippen LogP) is 5.49. The lowest BCUT2D eigenvalue weighted by Crippen LogP contribution is -2.39. The van der Waals surface area contributed by atoms with Gasteiger partial charge in [0, 0.05) is 36.8 Å². The zero-order chi connectivity index (χ0) is 39.8. The van der Waals surface area contributed by atoms with E-state index in [4.69, 9.17) is 23.7 Å². The number of carbonyl (C=O) groups is 3. The smallest absolute Gasteiger partial charge is 0.305 e. The molecule has 0 unspecified atom stereocenters. The number of nitrogens with one attached hydrogen (secondary N) is 3. The number of hydrogen-bond acceptors (Lipinski definition) is 11. The Morgan fingerprint density at radius 3 is 2.07 bits per heavy atom. The molecule has 1 atom stereocenters. The summed E-state index contributed by atoms with van der Waals surface area (Å²) in [7, 11) is 0. The van der Waals surface area contributed by atoms with Crippen LogP contribution < -0.4 is 20.7 Å². The number of unbranched alkanes of at least 4 members (excludes halogenated alkanes) is 1. The number of aromatic nitrogens is 2. The second-order valence-electron chi connectivity index (χ2n) is 13.0. The van der Waals surface area contributed by atoms with Gasteiger partial charge in [0.1, 0.15) is 12.4 Å². The Bertz CT molecular complexity index is 1790. The predicted molar refractivity (Wildman–Crippen MR) is 214 cm³/mol. The van der Waals surface area contributed by atoms with Crippen LogP contribution in [-0.2, 0) is 33.3 Å². The minimum Gasteiger partial charge on any atom is -0.491 e. The number of carboxylic acid groups (broad SMARTS) is 1. The van der Waals surface area contributed by atoms with Crippen molar-refractivity contribution >= 4 is 34.5 Å². The number of benzene rings is 3. The highest BCUT2D eigenvalue weighted by atomic mass is 16.6. The van der Waals surface area contributed by atoms with Gasteiger partial charge in [0.05, 0.1) is 65.3 Å². The third-order valence-corrected chi connectivity index (χ3v) is 8.53. The zero-order valence-corrected chi connectivity index (χ0v) is 32.4. The molecular formula is C42H55N5O9. The first-order valence-electron chi connectivity index (χ1n) is 19.2. The molecule has 0 fully saturated rings. The van der Waals surface area contributed by atoms with Gasteiger partial charge in [-0.3, -0.25) is 14.4 Å². The standard InChI is InChI=1S/C42H55N5O9/c1-3-20-52-21-22-53-23-24-54-25-26-55-27-28-56-38-16-15-34(35-8-4-5-9-36(35)38)32-11-13-33(14-12-32)37(29-41(50)51)47-40(49)30-45-39(48)10-6-7-18-43-42-44-19-17-31(2)46-42/h4-5,8-9,11-17,19,37H,3,6-7,10,18,20-30H2,1-2H3,(H,45,48)(H,47,49)(H,50,51)(H,43,44,46)/t37-/m0/s1. The third kappa shape index (κ3) is 15.9. The van der Waals surface area contributed by atoms with Crippen molar-refractivity contribution in [3.05, 3.63) is 84.2 Å². The topological polar surface area (TPSA) is 179 Å². The van der Waals surface area contributed by atoms with Gasteiger partial charge in [0.15, 0.2) is 0 Å². The minimum atomic E-state index is -1.06. The Hall–Kier alpha value is -5.15. The summed E-state index contributed by atoms with van der Waals surface area (Å²) in [6.45, 7) is 8.97. The van der Waals surface area contributed by atoms with Crippen LogP contribution in [0.15, 0.2) is 72.9 Å². The molecule has 56 heavy (non-hydrogen) atoms. The number of nitrogens with zero attached hydrogens (tertiary/aromatic N) is 2. The number of aryl methyl sites for hydroxylation is 1. The quantitative estimate of drug-likeness (QED) is 0.0535. The molecule has 0 saturated carbocycles. The number of carbonyl (C=O) groups excluding carboxylic acids is 2. The molecule has 1 aromatic heterocycles. The fraction of sp³-hybridized carbons (Fsp3) is 0.452. The van der Waals surface area contributed by atoms with Crippen LogP contribution in [0.2, 0.25) is 0 Å². The monoisotopic (exact) mass is 773 g/mol. The second-order valence-corrected chi connectivity index (χ2v) is 13.0. The SMILES string of the molecule is CCCOCCOCCOCCOCCOc1ccc(-c2ccc([C@H](CC(=O)O)NC(=O)CNC(=O)CCCCNc3nccc(C)n3)cc2)c2ccccc12. The number of fused-ring (bicyclic) bond motifs is 1. The molecule has 0 bridgehead atoms. The van der Waals surface area contributed by atoms with Crippen LogP contribution in [0.3, 0.4) is 0 Å². The van der Waals surface area contributed by atoms with Crippen molar-refractivity contribution in [2.45, 2.75) is 52.0 Å². The molecule has 4 N–H and O–H groups in total. The van der Waals surface area contributed by atoms with E-state index in [2.05, 4.69) is 32.8 Å². The van der Waals surface area contributed by atoms with Gasteiger partial charge in [0.2, 0.25) is 17.8 Å². The van der Waals surface area contributed by atoms with Crippen LogP contribution in [0.5, 0.6) is 5.75 Å². The lowest BCUT2D eigenvalue weighted by Gasteiger charge is -2.19. The summed E-state index contributed by atoms with van der Waals surface area (Å²) in [5.41, 5.74) is 3.40. The fourth-order valence-electron chi connectivity index (χ4n) is 5.74. The fourth-order valence-corrected chi connectivity index (χ4v) is 5.74. The van der Waals surface area contributed by atoms with Gasteiger partial charge in [-0.15, -0.1) is 0 Å². The maximum absolute atomic E-state index is 12.8. The second kappa shape index (κ2) is 25.1. The van der Waals surface area contributed by atoms with Crippen molar-refractivity contribution in [1.29, 1.82) is 0 Å². The van der Waals surface area contributed by atoms with Crippen molar-refractivity contribution in [2.24, 2.45) is 0 Å². The van der Waals surface area contributed by atoms with E-state index in [-0.39, 0.29) is 25.3 Å². The van der Waals surface area contributed by atoms with Gasteiger partial charge in [-0.2, -0.15) is 0 Å². The van der Waals surface area contributed by atoms with Gasteiger partial charge in [0.25, 0.3) is 0 Å². The maximum Gasteiger partial charge on any atom is 0.305 e. The van der Waals surface area contributed by atoms with Crippen molar-refractivity contribution in [2.75, 3.05) is 77.9 Å². The summed E-state index contributed by atoms with van der Waals surface area (Å²) >= 11 is 0. The summed E-state index contributed by atoms with van der Waals surface area (Å²) in [5, 5.41) is 20.1. The minimum absolute atomic E-state index is 0.253. The zero-order valence-electron chi connectivity index (χ0n) is 32.4. The molecule has 0 radical (unpaired) electrons. The molecule has 0 aliphatic carbocycles. The summed E-state index contributed by atoms with van der Waals surface area (Å²) in [6.07, 6.45) is 3.96. The van der Waals surface area contributed by atoms with Gasteiger partial charge < -0.3 is 44.7 Å². The van der Waals surface area contributed by atoms with Gasteiger partial charge in [-0.05, 0) is 60.4 Å². The van der Waals surface area contributed by atoms with E-state index in [0.717, 1.165) is 52.8 Å². The van der Waals surface area contributed by atoms with Crippen LogP contribution in [0.4, 0.5) is 5.95 Å². The van der Waals surface area contributed by atoms with Crippen molar-refractivity contribution in [1.82, 2.24) is 20.6 Å². The lowest BCUT2D eigenvalue weighted by molar-refractivity contribution is -0.138. The first-order chi connectivity index (χ1) is 27.3.